The van der Waals surface area contributed by atoms with Crippen LogP contribution in [0.4, 0.5) is 0 Å². The van der Waals surface area contributed by atoms with Crippen molar-refractivity contribution in [2.75, 3.05) is 0 Å². The van der Waals surface area contributed by atoms with Crippen LogP contribution in [0.3, 0.4) is 0 Å². The summed E-state index contributed by atoms with van der Waals surface area (Å²) in [4.78, 5) is 8.87. The Hall–Kier alpha value is -6.27. The van der Waals surface area contributed by atoms with E-state index in [2.05, 4.69) is 273 Å². The Bertz CT molecular complexity index is 2570. The third kappa shape index (κ3) is 18.9. The van der Waals surface area contributed by atoms with Crippen molar-refractivity contribution in [3.8, 4) is 0 Å². The number of benzene rings is 10. The fourth-order valence-corrected chi connectivity index (χ4v) is 15.8. The standard InChI is InChI=1S/3C18H15P.C7H8O3S.C3H5O.Pd/c3*1-4-10-16(11-5-1)19(17-12-6-2-7-13-17)18-14-8-3-9-15-18;1-6-2-4-7(5-3-6)11(8,9)10;1-2-3-4;/h3*1-15H;2-5H,1H3,(H,8,9,10);2H2,1H3;/q;;;;-1;+2/p+2. The first-order valence-corrected chi connectivity index (χ1v) is 29.6. The molecule has 0 amide bonds. The quantitative estimate of drug-likeness (QED) is 0.0560. The van der Waals surface area contributed by atoms with Gasteiger partial charge in [-0.05, 0) is 128 Å². The summed E-state index contributed by atoms with van der Waals surface area (Å²) in [6.45, 7) is 3.58. The first kappa shape index (κ1) is 57.6. The minimum absolute atomic E-state index is 0. The molecule has 0 atom stereocenters. The molecule has 4 nitrogen and oxygen atoms in total. The monoisotopic (exact) mass is 1120 g/mol. The Morgan fingerprint density at radius 1 is 0.329 bits per heavy atom. The Kier molecular flexibility index (Phi) is 25.3. The van der Waals surface area contributed by atoms with Crippen molar-refractivity contribution in [1.29, 1.82) is 0 Å². The predicted molar refractivity (Wildman–Crippen MR) is 315 cm³/mol. The summed E-state index contributed by atoms with van der Waals surface area (Å²) in [5, 5.41) is 12.9. The first-order valence-electron chi connectivity index (χ1n) is 23.7. The van der Waals surface area contributed by atoms with E-state index in [1.165, 1.54) is 59.9 Å². The van der Waals surface area contributed by atoms with Crippen LogP contribution in [-0.2, 0) is 35.3 Å². The van der Waals surface area contributed by atoms with Gasteiger partial charge < -0.3 is 9.35 Å². The van der Waals surface area contributed by atoms with Crippen LogP contribution in [0, 0.1) is 6.92 Å². The summed E-state index contributed by atoms with van der Waals surface area (Å²) in [6.07, 6.45) is 2.19. The van der Waals surface area contributed by atoms with E-state index in [1.54, 1.807) is 25.3 Å². The summed E-state index contributed by atoms with van der Waals surface area (Å²) in [7, 11) is -6.90. The second-order valence-electron chi connectivity index (χ2n) is 16.2. The summed E-state index contributed by atoms with van der Waals surface area (Å²) >= 11 is 0. The molecule has 0 radical (unpaired) electrons. The van der Waals surface area contributed by atoms with Gasteiger partial charge in [0.15, 0.2) is 0 Å². The van der Waals surface area contributed by atoms with Crippen LogP contribution in [0.25, 0.3) is 0 Å². The van der Waals surface area contributed by atoms with Crippen molar-refractivity contribution in [1.82, 2.24) is 0 Å². The van der Waals surface area contributed by atoms with E-state index in [-0.39, 0.29) is 25.3 Å². The van der Waals surface area contributed by atoms with Gasteiger partial charge >= 0.3 is 20.4 Å². The number of carbonyl (C=O) groups excluding carboxylic acids is 1. The van der Waals surface area contributed by atoms with Crippen LogP contribution in [-0.4, -0.2) is 19.3 Å². The molecule has 10 aromatic carbocycles. The second-order valence-corrected chi connectivity index (χ2v) is 25.0. The summed E-state index contributed by atoms with van der Waals surface area (Å²) in [5.41, 5.74) is 0.928. The van der Waals surface area contributed by atoms with Gasteiger partial charge in [0.05, 0.1) is 28.7 Å². The average molecular weight is 1120 g/mol. The van der Waals surface area contributed by atoms with Gasteiger partial charge in [0.2, 0.25) is 0 Å². The fraction of sp³-hybridized carbons (Fsp3) is 0.0469. The maximum absolute atomic E-state index is 10.4. The molecule has 0 unspecified atom stereocenters. The van der Waals surface area contributed by atoms with Crippen LogP contribution >= 0.6 is 23.8 Å². The van der Waals surface area contributed by atoms with Crippen molar-refractivity contribution >= 4 is 87.9 Å². The molecule has 10 rings (SSSR count). The van der Waals surface area contributed by atoms with E-state index in [9.17, 15) is 13.0 Å². The van der Waals surface area contributed by atoms with E-state index >= 15 is 0 Å². The molecule has 0 fully saturated rings. The molecule has 10 aromatic rings. The summed E-state index contributed by atoms with van der Waals surface area (Å²) in [5.74, 6) is 0. The first-order chi connectivity index (χ1) is 35.3. The number of hydrogen-bond acceptors (Lipinski definition) is 4. The molecule has 0 heterocycles. The minimum Gasteiger partial charge on any atom is -0.744 e. The van der Waals surface area contributed by atoms with Gasteiger partial charge in [0, 0.05) is 0 Å². The van der Waals surface area contributed by atoms with Crippen molar-refractivity contribution in [2.45, 2.75) is 25.2 Å². The fourth-order valence-electron chi connectivity index (χ4n) is 7.65. The molecule has 73 heavy (non-hydrogen) atoms. The molecule has 0 aliphatic heterocycles. The molecule has 0 aliphatic rings. The zero-order valence-corrected chi connectivity index (χ0v) is 46.2. The van der Waals surface area contributed by atoms with E-state index in [4.69, 9.17) is 4.79 Å². The Labute approximate surface area is 450 Å². The third-order valence-electron chi connectivity index (χ3n) is 11.0. The van der Waals surface area contributed by atoms with Gasteiger partial charge in [-0.1, -0.05) is 188 Å². The maximum Gasteiger partial charge on any atom is 2.00 e. The molecule has 0 saturated carbocycles. The molecule has 0 spiro atoms. The Morgan fingerprint density at radius 3 is 0.603 bits per heavy atom. The zero-order chi connectivity index (χ0) is 50.6. The van der Waals surface area contributed by atoms with E-state index in [0.29, 0.717) is 6.42 Å². The van der Waals surface area contributed by atoms with Gasteiger partial charge in [0.25, 0.3) is 0 Å². The van der Waals surface area contributed by atoms with Gasteiger partial charge in [0.1, 0.15) is 57.9 Å². The number of hydrogen-bond donors (Lipinski definition) is 0. The molecule has 0 bridgehead atoms. The Morgan fingerprint density at radius 2 is 0.479 bits per heavy atom. The molecular formula is C64H60O4P3PdS+3. The van der Waals surface area contributed by atoms with Crippen LogP contribution < -0.4 is 47.7 Å². The summed E-state index contributed by atoms with van der Waals surface area (Å²) in [6, 6.07) is 103. The number of aryl methyl sites for hydroxylation is 1. The molecule has 0 saturated heterocycles. The van der Waals surface area contributed by atoms with Crippen molar-refractivity contribution in [2.24, 2.45) is 0 Å². The summed E-state index contributed by atoms with van der Waals surface area (Å²) < 4.78 is 31.2. The van der Waals surface area contributed by atoms with Crippen LogP contribution in [0.15, 0.2) is 302 Å². The zero-order valence-electron chi connectivity index (χ0n) is 40.9. The van der Waals surface area contributed by atoms with Gasteiger partial charge in [-0.2, -0.15) is 6.42 Å². The molecule has 9 heteroatoms. The largest absolute Gasteiger partial charge is 2.00 e. The van der Waals surface area contributed by atoms with E-state index in [1.807, 2.05) is 6.92 Å². The minimum atomic E-state index is -4.27. The SMILES string of the molecule is CC[C-]=O.Cc1ccc(S(=O)(=O)[O-])cc1.[Pd+2].c1ccc([PH+](c2ccccc2)c2ccccc2)cc1.c1ccc([PH+](c2ccccc2)c2ccccc2)cc1.c1ccc([PH+](c2ccccc2)c2ccccc2)cc1. The van der Waals surface area contributed by atoms with E-state index in [0.717, 1.165) is 5.56 Å². The second kappa shape index (κ2) is 32.0. The Balaban J connectivity index is 0.000000178. The number of rotatable bonds is 11. The molecule has 0 N–H and O–H groups in total. The van der Waals surface area contributed by atoms with Gasteiger partial charge in [-0.3, -0.25) is 6.29 Å². The molecule has 0 aromatic heterocycles. The molecule has 0 aliphatic carbocycles. The maximum atomic E-state index is 10.4. The van der Waals surface area contributed by atoms with Crippen molar-refractivity contribution < 1.29 is 38.2 Å². The van der Waals surface area contributed by atoms with Crippen molar-refractivity contribution in [3.63, 3.8) is 0 Å². The topological polar surface area (TPSA) is 74.3 Å². The van der Waals surface area contributed by atoms with E-state index < -0.39 is 33.9 Å². The van der Waals surface area contributed by atoms with Crippen molar-refractivity contribution in [3.05, 3.63) is 303 Å². The normalized spacial score (nSPS) is 10.3. The average Bonchev–Trinajstić information content (AvgIpc) is 3.44. The third-order valence-corrected chi connectivity index (χ3v) is 20.1. The van der Waals surface area contributed by atoms with Crippen LogP contribution in [0.1, 0.15) is 18.9 Å². The molecular weight excluding hydrogens is 1060 g/mol. The molecule has 368 valence electrons. The predicted octanol–water partition coefficient (Wildman–Crippen LogP) is 10.9. The van der Waals surface area contributed by atoms with Crippen LogP contribution in [0.5, 0.6) is 0 Å². The van der Waals surface area contributed by atoms with Gasteiger partial charge in [-0.25, -0.2) is 8.42 Å². The smallest absolute Gasteiger partial charge is 0.744 e. The van der Waals surface area contributed by atoms with Crippen LogP contribution in [0.2, 0.25) is 0 Å². The van der Waals surface area contributed by atoms with Gasteiger partial charge in [-0.15, -0.1) is 0 Å².